The highest BCUT2D eigenvalue weighted by Crippen LogP contribution is 2.51. The van der Waals surface area contributed by atoms with Crippen LogP contribution >= 0.6 is 0 Å². The van der Waals surface area contributed by atoms with Gasteiger partial charge in [0.25, 0.3) is 0 Å². The third-order valence-electron chi connectivity index (χ3n) is 7.41. The van der Waals surface area contributed by atoms with Crippen molar-refractivity contribution in [3.05, 3.63) is 113 Å². The number of ether oxygens (including phenoxy) is 4. The molecular formula is C32H26N4O4. The molecule has 40 heavy (non-hydrogen) atoms. The van der Waals surface area contributed by atoms with Gasteiger partial charge in [-0.25, -0.2) is 14.5 Å². The van der Waals surface area contributed by atoms with Crippen molar-refractivity contribution in [1.29, 1.82) is 0 Å². The number of benzene rings is 4. The maximum atomic E-state index is 6.44. The van der Waals surface area contributed by atoms with E-state index in [4.69, 9.17) is 29.0 Å². The van der Waals surface area contributed by atoms with Gasteiger partial charge in [0.05, 0.1) is 26.9 Å². The van der Waals surface area contributed by atoms with Gasteiger partial charge in [-0.1, -0.05) is 48.5 Å². The largest absolute Gasteiger partial charge is 0.497 e. The van der Waals surface area contributed by atoms with Crippen LogP contribution in [-0.4, -0.2) is 40.9 Å². The summed E-state index contributed by atoms with van der Waals surface area (Å²) >= 11 is 0. The maximum absolute atomic E-state index is 6.44. The van der Waals surface area contributed by atoms with Crippen molar-refractivity contribution in [1.82, 2.24) is 19.6 Å². The normalized spacial score (nSPS) is 13.9. The molecule has 0 aliphatic carbocycles. The molecule has 0 fully saturated rings. The predicted molar refractivity (Wildman–Crippen MR) is 151 cm³/mol. The fourth-order valence-electron chi connectivity index (χ4n) is 5.52. The highest BCUT2D eigenvalue weighted by Gasteiger charge is 2.35. The van der Waals surface area contributed by atoms with E-state index in [0.717, 1.165) is 44.5 Å². The molecule has 8 heteroatoms. The zero-order chi connectivity index (χ0) is 27.2. The Morgan fingerprint density at radius 3 is 2.45 bits per heavy atom. The first kappa shape index (κ1) is 24.0. The van der Waals surface area contributed by atoms with E-state index in [9.17, 15) is 0 Å². The van der Waals surface area contributed by atoms with E-state index in [1.807, 2.05) is 54.6 Å². The van der Waals surface area contributed by atoms with Crippen LogP contribution in [0.1, 0.15) is 34.0 Å². The van der Waals surface area contributed by atoms with E-state index in [2.05, 4.69) is 29.2 Å². The molecule has 3 heterocycles. The van der Waals surface area contributed by atoms with Crippen LogP contribution in [0.2, 0.25) is 0 Å². The number of fused-ring (bicyclic) bond motifs is 6. The van der Waals surface area contributed by atoms with Crippen molar-refractivity contribution in [2.24, 2.45) is 0 Å². The summed E-state index contributed by atoms with van der Waals surface area (Å²) in [5, 5.41) is 7.01. The van der Waals surface area contributed by atoms with Crippen LogP contribution in [0.4, 0.5) is 0 Å². The number of rotatable bonds is 6. The van der Waals surface area contributed by atoms with Gasteiger partial charge in [-0.2, -0.15) is 0 Å². The summed E-state index contributed by atoms with van der Waals surface area (Å²) in [7, 11) is 4.94. The van der Waals surface area contributed by atoms with Crippen molar-refractivity contribution in [3.8, 4) is 28.9 Å². The topological polar surface area (TPSA) is 80.0 Å². The minimum Gasteiger partial charge on any atom is -0.497 e. The molecule has 2 aromatic heterocycles. The highest BCUT2D eigenvalue weighted by molar-refractivity contribution is 5.91. The Morgan fingerprint density at radius 1 is 0.825 bits per heavy atom. The minimum absolute atomic E-state index is 0.237. The molecule has 0 radical (unpaired) electrons. The molecule has 0 amide bonds. The molecule has 1 aliphatic heterocycles. The molecule has 0 unspecified atom stereocenters. The zero-order valence-corrected chi connectivity index (χ0v) is 22.3. The van der Waals surface area contributed by atoms with Crippen LogP contribution in [0.3, 0.4) is 0 Å². The fourth-order valence-corrected chi connectivity index (χ4v) is 5.52. The summed E-state index contributed by atoms with van der Waals surface area (Å²) in [6.45, 7) is 0. The summed E-state index contributed by atoms with van der Waals surface area (Å²) in [6.07, 6.45) is 2.23. The van der Waals surface area contributed by atoms with E-state index in [-0.39, 0.29) is 5.92 Å². The lowest BCUT2D eigenvalue weighted by Crippen LogP contribution is -2.15. The van der Waals surface area contributed by atoms with Crippen LogP contribution in [0.5, 0.6) is 28.9 Å². The first-order valence-corrected chi connectivity index (χ1v) is 13.0. The Balaban J connectivity index is 1.44. The quantitative estimate of drug-likeness (QED) is 0.254. The van der Waals surface area contributed by atoms with Crippen LogP contribution in [-0.2, 0) is 6.42 Å². The van der Waals surface area contributed by atoms with Crippen molar-refractivity contribution in [2.45, 2.75) is 12.3 Å². The Bertz CT molecular complexity index is 1880. The summed E-state index contributed by atoms with van der Waals surface area (Å²) in [5.41, 5.74) is 4.70. The van der Waals surface area contributed by atoms with Gasteiger partial charge < -0.3 is 18.9 Å². The van der Waals surface area contributed by atoms with Gasteiger partial charge in [-0.3, -0.25) is 0 Å². The lowest BCUT2D eigenvalue weighted by Gasteiger charge is -2.29. The molecule has 198 valence electrons. The van der Waals surface area contributed by atoms with Gasteiger partial charge in [0.15, 0.2) is 23.0 Å². The van der Waals surface area contributed by atoms with Gasteiger partial charge >= 0.3 is 0 Å². The predicted octanol–water partition coefficient (Wildman–Crippen LogP) is 6.18. The van der Waals surface area contributed by atoms with Gasteiger partial charge in [0, 0.05) is 17.9 Å². The molecule has 1 atom stereocenters. The van der Waals surface area contributed by atoms with E-state index in [1.165, 1.54) is 0 Å². The second-order valence-corrected chi connectivity index (χ2v) is 9.63. The molecule has 6 aromatic rings. The monoisotopic (exact) mass is 530 g/mol. The number of aromatic nitrogens is 4. The Kier molecular flexibility index (Phi) is 5.73. The lowest BCUT2D eigenvalue weighted by atomic mass is 9.81. The van der Waals surface area contributed by atoms with Gasteiger partial charge in [0.2, 0.25) is 5.88 Å². The first-order valence-electron chi connectivity index (χ1n) is 13.0. The maximum Gasteiger partial charge on any atom is 0.228 e. The second kappa shape index (κ2) is 9.57. The average Bonchev–Trinajstić information content (AvgIpc) is 3.42. The second-order valence-electron chi connectivity index (χ2n) is 9.63. The molecule has 7 rings (SSSR count). The third-order valence-corrected chi connectivity index (χ3v) is 7.41. The van der Waals surface area contributed by atoms with Crippen LogP contribution in [0.25, 0.3) is 16.4 Å². The third kappa shape index (κ3) is 3.88. The molecule has 0 spiro atoms. The number of hydrogen-bond acceptors (Lipinski definition) is 7. The SMILES string of the molecule is COc1ccc(Cc2nc3c4c(ncn3n2)Oc2ccc3ccccc3c2[C@H]4c2ccc(OC)c(OC)c2)cc1. The molecule has 0 saturated heterocycles. The van der Waals surface area contributed by atoms with E-state index in [1.54, 1.807) is 32.2 Å². The standard InChI is InChI=1S/C32H26N4O4/c1-37-22-12-8-19(9-13-22)16-27-34-31-30-28(21-11-14-24(38-2)26(17-21)39-3)29-23-7-5-4-6-20(23)10-15-25(29)40-32(30)33-18-36(31)35-27/h4-15,17-18,28H,16H2,1-3H3/t28-/m1/s1. The molecule has 0 N–H and O–H groups in total. The van der Waals surface area contributed by atoms with Crippen molar-refractivity contribution in [2.75, 3.05) is 21.3 Å². The summed E-state index contributed by atoms with van der Waals surface area (Å²) in [5.74, 6) is 3.85. The van der Waals surface area contributed by atoms with Crippen LogP contribution in [0, 0.1) is 0 Å². The van der Waals surface area contributed by atoms with E-state index < -0.39 is 0 Å². The van der Waals surface area contributed by atoms with E-state index >= 15 is 0 Å². The Labute approximate surface area is 230 Å². The van der Waals surface area contributed by atoms with Crippen LogP contribution in [0.15, 0.2) is 85.2 Å². The molecule has 8 nitrogen and oxygen atoms in total. The summed E-state index contributed by atoms with van der Waals surface area (Å²) in [6, 6.07) is 26.4. The Hall–Kier alpha value is -5.11. The molecule has 0 bridgehead atoms. The first-order chi connectivity index (χ1) is 19.7. The van der Waals surface area contributed by atoms with Gasteiger partial charge in [-0.05, 0) is 52.2 Å². The van der Waals surface area contributed by atoms with Gasteiger partial charge in [-0.15, -0.1) is 5.10 Å². The molecule has 1 aliphatic rings. The number of methoxy groups -OCH3 is 3. The van der Waals surface area contributed by atoms with Crippen molar-refractivity contribution < 1.29 is 18.9 Å². The summed E-state index contributed by atoms with van der Waals surface area (Å²) in [4.78, 5) is 9.70. The highest BCUT2D eigenvalue weighted by atomic mass is 16.5. The fraction of sp³-hybridized carbons (Fsp3) is 0.156. The molecular weight excluding hydrogens is 504 g/mol. The lowest BCUT2D eigenvalue weighted by molar-refractivity contribution is 0.354. The van der Waals surface area contributed by atoms with E-state index in [0.29, 0.717) is 35.3 Å². The van der Waals surface area contributed by atoms with Gasteiger partial charge in [0.1, 0.15) is 17.8 Å². The van der Waals surface area contributed by atoms with Crippen LogP contribution < -0.4 is 18.9 Å². The van der Waals surface area contributed by atoms with Crippen molar-refractivity contribution >= 4 is 16.4 Å². The number of nitrogens with zero attached hydrogens (tertiary/aromatic N) is 4. The average molecular weight is 531 g/mol. The zero-order valence-electron chi connectivity index (χ0n) is 22.3. The Morgan fingerprint density at radius 2 is 1.65 bits per heavy atom. The minimum atomic E-state index is -0.237. The smallest absolute Gasteiger partial charge is 0.228 e. The molecule has 4 aromatic carbocycles. The number of hydrogen-bond donors (Lipinski definition) is 0. The van der Waals surface area contributed by atoms with Crippen molar-refractivity contribution in [3.63, 3.8) is 0 Å². The summed E-state index contributed by atoms with van der Waals surface area (Å²) < 4.78 is 24.7. The molecule has 0 saturated carbocycles.